The first-order valence-electron chi connectivity index (χ1n) is 11.1. The number of benzene rings is 2. The fourth-order valence-electron chi connectivity index (χ4n) is 3.91. The summed E-state index contributed by atoms with van der Waals surface area (Å²) in [5, 5.41) is 0. The van der Waals surface area contributed by atoms with E-state index in [0.717, 1.165) is 11.1 Å². The van der Waals surface area contributed by atoms with Crippen LogP contribution >= 0.6 is 0 Å². The first kappa shape index (κ1) is 24.4. The zero-order valence-electron chi connectivity index (χ0n) is 19.3. The lowest BCUT2D eigenvalue weighted by atomic mass is 10.0. The van der Waals surface area contributed by atoms with Crippen molar-refractivity contribution >= 4 is 20.0 Å². The van der Waals surface area contributed by atoms with Gasteiger partial charge in [-0.1, -0.05) is 71.5 Å². The molecule has 34 heavy (non-hydrogen) atoms. The summed E-state index contributed by atoms with van der Waals surface area (Å²) >= 11 is 0. The first-order chi connectivity index (χ1) is 16.2. The molecule has 6 nitrogen and oxygen atoms in total. The standard InChI is InChI=1S/C26H28N2O4S2/c1-21-7-13-25(14-8-21)33(29,30)27-17-3-5-23(19-27)11-12-24-6-4-18-28(20-24)34(31,32)26-15-9-22(2)10-16-26/h3-10,13-16,23-24H,17-20H2,1-2H3. The highest BCUT2D eigenvalue weighted by atomic mass is 32.2. The van der Waals surface area contributed by atoms with Crippen LogP contribution in [0.1, 0.15) is 11.1 Å². The van der Waals surface area contributed by atoms with Crippen LogP contribution < -0.4 is 0 Å². The van der Waals surface area contributed by atoms with Crippen molar-refractivity contribution in [3.8, 4) is 11.8 Å². The van der Waals surface area contributed by atoms with E-state index in [1.54, 1.807) is 48.5 Å². The normalized spacial score (nSPS) is 21.7. The summed E-state index contributed by atoms with van der Waals surface area (Å²) < 4.78 is 54.9. The molecule has 8 heteroatoms. The smallest absolute Gasteiger partial charge is 0.207 e. The molecule has 2 heterocycles. The monoisotopic (exact) mass is 496 g/mol. The SMILES string of the molecule is Cc1ccc(S(=O)(=O)N2CC=CC(C#CC3C=CCN(S(=O)(=O)c4ccc(C)cc4)C3)C2)cc1. The van der Waals surface area contributed by atoms with Crippen molar-refractivity contribution < 1.29 is 16.8 Å². The number of hydrogen-bond donors (Lipinski definition) is 0. The predicted molar refractivity (Wildman–Crippen MR) is 133 cm³/mol. The van der Waals surface area contributed by atoms with Gasteiger partial charge < -0.3 is 0 Å². The Balaban J connectivity index is 1.45. The maximum absolute atomic E-state index is 13.0. The number of nitrogens with zero attached hydrogens (tertiary/aromatic N) is 2. The van der Waals surface area contributed by atoms with E-state index in [2.05, 4.69) is 11.8 Å². The molecule has 0 amide bonds. The number of hydrogen-bond acceptors (Lipinski definition) is 4. The topological polar surface area (TPSA) is 74.8 Å². The molecule has 2 aromatic carbocycles. The van der Waals surface area contributed by atoms with Crippen molar-refractivity contribution in [2.45, 2.75) is 23.6 Å². The molecule has 2 aliphatic heterocycles. The molecule has 0 saturated heterocycles. The molecule has 2 atom stereocenters. The zero-order chi connectivity index (χ0) is 24.3. The Labute approximate surface area is 202 Å². The Bertz CT molecular complexity index is 1260. The van der Waals surface area contributed by atoms with E-state index in [-0.39, 0.29) is 34.7 Å². The molecular formula is C26H28N2O4S2. The van der Waals surface area contributed by atoms with Crippen LogP contribution in [0.5, 0.6) is 0 Å². The van der Waals surface area contributed by atoms with Crippen molar-refractivity contribution in [3.05, 3.63) is 84.0 Å². The Kier molecular flexibility index (Phi) is 7.10. The van der Waals surface area contributed by atoms with E-state index in [4.69, 9.17) is 0 Å². The molecule has 0 aromatic heterocycles. The van der Waals surface area contributed by atoms with E-state index >= 15 is 0 Å². The number of sulfonamides is 2. The van der Waals surface area contributed by atoms with Crippen molar-refractivity contribution in [1.29, 1.82) is 0 Å². The second-order valence-electron chi connectivity index (χ2n) is 8.63. The summed E-state index contributed by atoms with van der Waals surface area (Å²) in [6.07, 6.45) is 7.47. The van der Waals surface area contributed by atoms with Crippen LogP contribution in [-0.2, 0) is 20.0 Å². The lowest BCUT2D eigenvalue weighted by Gasteiger charge is -2.27. The van der Waals surface area contributed by atoms with Gasteiger partial charge in [0.1, 0.15) is 0 Å². The van der Waals surface area contributed by atoms with Gasteiger partial charge in [-0.2, -0.15) is 8.61 Å². The van der Waals surface area contributed by atoms with Crippen LogP contribution in [0.2, 0.25) is 0 Å². The van der Waals surface area contributed by atoms with Crippen LogP contribution in [-0.4, -0.2) is 51.6 Å². The number of aryl methyl sites for hydroxylation is 2. The predicted octanol–water partition coefficient (Wildman–Crippen LogP) is 3.36. The highest BCUT2D eigenvalue weighted by Crippen LogP contribution is 2.22. The maximum atomic E-state index is 13.0. The van der Waals surface area contributed by atoms with Gasteiger partial charge in [0.2, 0.25) is 20.0 Å². The quantitative estimate of drug-likeness (QED) is 0.481. The minimum atomic E-state index is -3.60. The molecule has 178 valence electrons. The van der Waals surface area contributed by atoms with Crippen LogP contribution in [0.4, 0.5) is 0 Å². The third-order valence-corrected chi connectivity index (χ3v) is 9.62. The minimum Gasteiger partial charge on any atom is -0.207 e. The summed E-state index contributed by atoms with van der Waals surface area (Å²) in [7, 11) is -7.21. The summed E-state index contributed by atoms with van der Waals surface area (Å²) in [5.41, 5.74) is 2.00. The average molecular weight is 497 g/mol. The van der Waals surface area contributed by atoms with Crippen molar-refractivity contribution in [2.24, 2.45) is 11.8 Å². The molecule has 0 aliphatic carbocycles. The van der Waals surface area contributed by atoms with Gasteiger partial charge >= 0.3 is 0 Å². The first-order valence-corrected chi connectivity index (χ1v) is 14.0. The lowest BCUT2D eigenvalue weighted by molar-refractivity contribution is 0.408. The lowest BCUT2D eigenvalue weighted by Crippen LogP contribution is -2.38. The van der Waals surface area contributed by atoms with E-state index in [0.29, 0.717) is 13.1 Å². The summed E-state index contributed by atoms with van der Waals surface area (Å²) in [5.74, 6) is 5.80. The molecule has 0 radical (unpaired) electrons. The third-order valence-electron chi connectivity index (χ3n) is 5.93. The van der Waals surface area contributed by atoms with Gasteiger partial charge in [0, 0.05) is 26.2 Å². The summed E-state index contributed by atoms with van der Waals surface area (Å²) in [6.45, 7) is 4.97. The van der Waals surface area contributed by atoms with Crippen molar-refractivity contribution in [3.63, 3.8) is 0 Å². The van der Waals surface area contributed by atoms with Gasteiger partial charge in [0.05, 0.1) is 21.6 Å². The minimum absolute atomic E-state index is 0.258. The zero-order valence-corrected chi connectivity index (χ0v) is 20.9. The molecule has 0 bridgehead atoms. The molecular weight excluding hydrogens is 468 g/mol. The highest BCUT2D eigenvalue weighted by molar-refractivity contribution is 7.89. The fourth-order valence-corrected chi connectivity index (χ4v) is 6.74. The van der Waals surface area contributed by atoms with Gasteiger partial charge in [-0.05, 0) is 38.1 Å². The highest BCUT2D eigenvalue weighted by Gasteiger charge is 2.29. The van der Waals surface area contributed by atoms with Crippen LogP contribution in [0, 0.1) is 37.5 Å². The fraction of sp³-hybridized carbons (Fsp3) is 0.308. The second-order valence-corrected chi connectivity index (χ2v) is 12.5. The summed E-state index contributed by atoms with van der Waals surface area (Å²) in [6, 6.07) is 13.6. The van der Waals surface area contributed by atoms with Crippen LogP contribution in [0.3, 0.4) is 0 Å². The average Bonchev–Trinajstić information content (AvgIpc) is 2.84. The van der Waals surface area contributed by atoms with Gasteiger partial charge in [0.25, 0.3) is 0 Å². The van der Waals surface area contributed by atoms with Crippen molar-refractivity contribution in [2.75, 3.05) is 26.2 Å². The second kappa shape index (κ2) is 9.88. The molecule has 2 aliphatic rings. The van der Waals surface area contributed by atoms with Gasteiger partial charge in [-0.3, -0.25) is 0 Å². The molecule has 4 rings (SSSR count). The molecule has 0 N–H and O–H groups in total. The molecule has 2 unspecified atom stereocenters. The Hall–Kier alpha value is -2.70. The van der Waals surface area contributed by atoms with Gasteiger partial charge in [0.15, 0.2) is 0 Å². The Morgan fingerprint density at radius 3 is 1.35 bits per heavy atom. The largest absolute Gasteiger partial charge is 0.243 e. The van der Waals surface area contributed by atoms with Crippen LogP contribution in [0.25, 0.3) is 0 Å². The molecule has 0 saturated carbocycles. The number of rotatable bonds is 4. The van der Waals surface area contributed by atoms with Crippen molar-refractivity contribution in [1.82, 2.24) is 8.61 Å². The van der Waals surface area contributed by atoms with E-state index in [1.807, 2.05) is 38.2 Å². The van der Waals surface area contributed by atoms with E-state index in [9.17, 15) is 16.8 Å². The molecule has 0 fully saturated rings. The molecule has 0 spiro atoms. The Morgan fingerprint density at radius 2 is 1.00 bits per heavy atom. The summed E-state index contributed by atoms with van der Waals surface area (Å²) in [4.78, 5) is 0.541. The molecule has 2 aromatic rings. The van der Waals surface area contributed by atoms with E-state index in [1.165, 1.54) is 8.61 Å². The van der Waals surface area contributed by atoms with Gasteiger partial charge in [-0.15, -0.1) is 0 Å². The van der Waals surface area contributed by atoms with Crippen LogP contribution in [0.15, 0.2) is 82.6 Å². The van der Waals surface area contributed by atoms with Gasteiger partial charge in [-0.25, -0.2) is 16.8 Å². The maximum Gasteiger partial charge on any atom is 0.243 e. The third kappa shape index (κ3) is 5.34. The Morgan fingerprint density at radius 1 is 0.647 bits per heavy atom. The van der Waals surface area contributed by atoms with E-state index < -0.39 is 20.0 Å².